The highest BCUT2D eigenvalue weighted by Gasteiger charge is 2.73. The Bertz CT molecular complexity index is 1480. The molecule has 230 valence electrons. The van der Waals surface area contributed by atoms with Gasteiger partial charge in [-0.3, -0.25) is 19.2 Å². The number of esters is 1. The minimum atomic E-state index is -1.42. The third-order valence-electron chi connectivity index (χ3n) is 8.78. The van der Waals surface area contributed by atoms with Crippen LogP contribution in [0.2, 0.25) is 0 Å². The lowest BCUT2D eigenvalue weighted by atomic mass is 9.74. The fourth-order valence-electron chi connectivity index (χ4n) is 6.72. The number of cyclic esters (lactones) is 1. The number of nitrogens with zero attached hydrogens (tertiary/aromatic N) is 2. The molecular weight excluding hydrogens is 566 g/mol. The average molecular weight is 602 g/mol. The third-order valence-corrected chi connectivity index (χ3v) is 8.78. The zero-order valence-electron chi connectivity index (χ0n) is 24.3. The zero-order chi connectivity index (χ0) is 30.8. The van der Waals surface area contributed by atoms with Gasteiger partial charge in [0.1, 0.15) is 29.4 Å². The summed E-state index contributed by atoms with van der Waals surface area (Å²) in [6, 6.07) is 14.9. The van der Waals surface area contributed by atoms with Gasteiger partial charge in [0.25, 0.3) is 5.91 Å². The minimum Gasteiger partial charge on any atom is -0.497 e. The highest BCUT2D eigenvalue weighted by Crippen LogP contribution is 2.55. The maximum atomic E-state index is 14.6. The molecule has 2 saturated heterocycles. The highest BCUT2D eigenvalue weighted by molar-refractivity contribution is 6.05. The quantitative estimate of drug-likeness (QED) is 0.392. The number of likely N-dealkylation sites (tertiary alicyclic amines) is 1. The molecule has 0 radical (unpaired) electrons. The number of amides is 3. The molecule has 6 atom stereocenters. The maximum Gasteiger partial charge on any atom is 0.313 e. The molecule has 5 bridgehead atoms. The first kappa shape index (κ1) is 29.6. The van der Waals surface area contributed by atoms with Crippen molar-refractivity contribution in [1.82, 2.24) is 10.2 Å². The molecule has 0 aromatic heterocycles. The number of carbonyl (C=O) groups is 4. The summed E-state index contributed by atoms with van der Waals surface area (Å²) in [5.41, 5.74) is -0.169. The Hall–Kier alpha value is -4.48. The molecular formula is C33H35N3O8. The Morgan fingerprint density at radius 2 is 1.80 bits per heavy atom. The molecule has 11 heteroatoms. The fraction of sp³-hybridized carbons (Fsp3) is 0.394. The number of aliphatic hydroxyl groups is 1. The van der Waals surface area contributed by atoms with Crippen LogP contribution >= 0.6 is 0 Å². The van der Waals surface area contributed by atoms with E-state index < -0.39 is 53.5 Å². The summed E-state index contributed by atoms with van der Waals surface area (Å²) >= 11 is 0. The second-order valence-electron chi connectivity index (χ2n) is 11.3. The van der Waals surface area contributed by atoms with E-state index in [1.54, 1.807) is 61.7 Å². The summed E-state index contributed by atoms with van der Waals surface area (Å²) in [6.45, 7) is -0.278. The van der Waals surface area contributed by atoms with Gasteiger partial charge in [0.2, 0.25) is 11.8 Å². The van der Waals surface area contributed by atoms with Gasteiger partial charge in [0.05, 0.1) is 32.3 Å². The van der Waals surface area contributed by atoms with Crippen molar-refractivity contribution < 1.29 is 38.5 Å². The van der Waals surface area contributed by atoms with Crippen LogP contribution in [0.1, 0.15) is 24.5 Å². The standard InChI is InChI=1S/C33H35N3O8/c1-42-23-13-11-22(12-14-23)35-17-7-3-6-10-26(38)34-20-25(21-8-4-2-5-9-21)43-32(41)27-24-15-16-33(44-24)28(27)30(39)36(18-19-37)29(33)31(35)40/h2-5,7-9,11-16,24-25,27-29,37H,6,10,17-20H2,1H3,(H,34,38)/b7-3-/t24-,25-,27+,28+,29-,33+/m1/s1. The van der Waals surface area contributed by atoms with Crippen LogP contribution in [-0.4, -0.2) is 84.8 Å². The Morgan fingerprint density at radius 3 is 2.52 bits per heavy atom. The maximum absolute atomic E-state index is 14.6. The SMILES string of the molecule is COc1ccc(N2C/C=C\CCC(=O)NC[C@H](c3ccccc3)OC(=O)[C@@H]3[C@H]4C(=O)N(CCO)[C@H](C2=O)[C@]42C=C[C@H]3O2)cc1. The van der Waals surface area contributed by atoms with E-state index in [-0.39, 0.29) is 38.6 Å². The summed E-state index contributed by atoms with van der Waals surface area (Å²) in [7, 11) is 1.55. The van der Waals surface area contributed by atoms with Crippen LogP contribution in [0, 0.1) is 11.8 Å². The largest absolute Gasteiger partial charge is 0.497 e. The van der Waals surface area contributed by atoms with Crippen LogP contribution in [0.15, 0.2) is 78.9 Å². The molecule has 2 fully saturated rings. The summed E-state index contributed by atoms with van der Waals surface area (Å²) in [5.74, 6) is -3.18. The number of carbonyl (C=O) groups excluding carboxylic acids is 4. The van der Waals surface area contributed by atoms with E-state index in [1.165, 1.54) is 9.80 Å². The number of hydrogen-bond donors (Lipinski definition) is 2. The van der Waals surface area contributed by atoms with Crippen molar-refractivity contribution in [2.24, 2.45) is 11.8 Å². The second-order valence-corrected chi connectivity index (χ2v) is 11.3. The van der Waals surface area contributed by atoms with Gasteiger partial charge in [-0.15, -0.1) is 0 Å². The number of aliphatic hydroxyl groups excluding tert-OH is 1. The summed E-state index contributed by atoms with van der Waals surface area (Å²) < 4.78 is 17.7. The van der Waals surface area contributed by atoms with E-state index in [4.69, 9.17) is 14.2 Å². The van der Waals surface area contributed by atoms with Gasteiger partial charge in [-0.1, -0.05) is 54.6 Å². The fourth-order valence-corrected chi connectivity index (χ4v) is 6.72. The van der Waals surface area contributed by atoms with E-state index in [0.29, 0.717) is 23.4 Å². The number of fused-ring (bicyclic) bond motifs is 2. The van der Waals surface area contributed by atoms with Gasteiger partial charge >= 0.3 is 5.97 Å². The topological polar surface area (TPSA) is 135 Å². The van der Waals surface area contributed by atoms with Gasteiger partial charge in [-0.2, -0.15) is 0 Å². The first-order valence-electron chi connectivity index (χ1n) is 14.8. The molecule has 6 rings (SSSR count). The van der Waals surface area contributed by atoms with Crippen molar-refractivity contribution in [1.29, 1.82) is 0 Å². The molecule has 44 heavy (non-hydrogen) atoms. The summed E-state index contributed by atoms with van der Waals surface area (Å²) in [4.78, 5) is 58.1. The van der Waals surface area contributed by atoms with Crippen LogP contribution in [0.4, 0.5) is 5.69 Å². The average Bonchev–Trinajstić information content (AvgIpc) is 3.68. The lowest BCUT2D eigenvalue weighted by Crippen LogP contribution is -2.56. The lowest BCUT2D eigenvalue weighted by Gasteiger charge is -2.35. The first-order chi connectivity index (χ1) is 21.4. The lowest BCUT2D eigenvalue weighted by molar-refractivity contribution is -0.159. The van der Waals surface area contributed by atoms with Gasteiger partial charge in [0.15, 0.2) is 0 Å². The number of anilines is 1. The van der Waals surface area contributed by atoms with Crippen LogP contribution in [0.3, 0.4) is 0 Å². The highest BCUT2D eigenvalue weighted by atomic mass is 16.6. The minimum absolute atomic E-state index is 0.0547. The van der Waals surface area contributed by atoms with Crippen LogP contribution in [-0.2, 0) is 28.7 Å². The van der Waals surface area contributed by atoms with Gasteiger partial charge < -0.3 is 34.4 Å². The van der Waals surface area contributed by atoms with Crippen LogP contribution in [0.25, 0.3) is 0 Å². The molecule has 2 aromatic carbocycles. The van der Waals surface area contributed by atoms with Crippen molar-refractivity contribution in [3.8, 4) is 5.75 Å². The normalized spacial score (nSPS) is 31.1. The van der Waals surface area contributed by atoms with E-state index in [9.17, 15) is 24.3 Å². The molecule has 4 heterocycles. The molecule has 2 aromatic rings. The number of rotatable bonds is 5. The van der Waals surface area contributed by atoms with E-state index in [0.717, 1.165) is 0 Å². The van der Waals surface area contributed by atoms with E-state index >= 15 is 0 Å². The first-order valence-corrected chi connectivity index (χ1v) is 14.8. The second kappa shape index (κ2) is 12.3. The predicted molar refractivity (Wildman–Crippen MR) is 158 cm³/mol. The van der Waals surface area contributed by atoms with Crippen molar-refractivity contribution in [2.45, 2.75) is 36.7 Å². The summed E-state index contributed by atoms with van der Waals surface area (Å²) in [6.07, 6.45) is 6.12. The molecule has 0 saturated carbocycles. The van der Waals surface area contributed by atoms with E-state index in [1.807, 2.05) is 24.3 Å². The zero-order valence-corrected chi connectivity index (χ0v) is 24.3. The molecule has 11 nitrogen and oxygen atoms in total. The van der Waals surface area contributed by atoms with Gasteiger partial charge in [-0.05, 0) is 36.2 Å². The Morgan fingerprint density at radius 1 is 1.02 bits per heavy atom. The number of β-amino-alcohol motifs (C(OH)–C–C–N with tert-alkyl or cyclic N) is 1. The van der Waals surface area contributed by atoms with Crippen molar-refractivity contribution in [3.63, 3.8) is 0 Å². The van der Waals surface area contributed by atoms with Crippen molar-refractivity contribution >= 4 is 29.4 Å². The van der Waals surface area contributed by atoms with Gasteiger partial charge in [-0.25, -0.2) is 0 Å². The number of nitrogens with one attached hydrogen (secondary N) is 1. The van der Waals surface area contributed by atoms with Gasteiger partial charge in [0, 0.05) is 25.2 Å². The Labute approximate surface area is 255 Å². The molecule has 4 aliphatic heterocycles. The Kier molecular flexibility index (Phi) is 8.24. The Balaban J connectivity index is 1.41. The molecule has 2 N–H and O–H groups in total. The molecule has 4 aliphatic rings. The van der Waals surface area contributed by atoms with Crippen molar-refractivity contribution in [2.75, 3.05) is 38.3 Å². The van der Waals surface area contributed by atoms with Crippen LogP contribution in [0.5, 0.6) is 5.75 Å². The molecule has 3 amide bonds. The van der Waals surface area contributed by atoms with E-state index in [2.05, 4.69) is 5.32 Å². The number of hydrogen-bond acceptors (Lipinski definition) is 8. The monoisotopic (exact) mass is 601 g/mol. The van der Waals surface area contributed by atoms with Crippen LogP contribution < -0.4 is 15.0 Å². The van der Waals surface area contributed by atoms with Crippen molar-refractivity contribution in [3.05, 3.63) is 84.5 Å². The summed E-state index contributed by atoms with van der Waals surface area (Å²) in [5, 5.41) is 12.8. The predicted octanol–water partition coefficient (Wildman–Crippen LogP) is 1.92. The molecule has 1 spiro atoms. The number of allylic oxidation sites excluding steroid dienone is 1. The smallest absolute Gasteiger partial charge is 0.313 e. The third kappa shape index (κ3) is 5.16. The molecule has 0 unspecified atom stereocenters. The molecule has 0 aliphatic carbocycles. The number of ether oxygens (including phenoxy) is 3. The number of methoxy groups -OCH3 is 1. The number of benzene rings is 2.